The van der Waals surface area contributed by atoms with Gasteiger partial charge < -0.3 is 29.0 Å². The van der Waals surface area contributed by atoms with E-state index in [1.165, 1.54) is 28.7 Å². The zero-order chi connectivity index (χ0) is 36.4. The Morgan fingerprint density at radius 3 is 2.02 bits per heavy atom. The van der Waals surface area contributed by atoms with Crippen LogP contribution in [0, 0.1) is 5.82 Å². The van der Waals surface area contributed by atoms with Crippen molar-refractivity contribution < 1.29 is 32.9 Å². The molecule has 268 valence electrons. The molecule has 5 aromatic rings. The van der Waals surface area contributed by atoms with Crippen LogP contribution in [0.25, 0.3) is 11.3 Å². The Morgan fingerprint density at radius 2 is 1.51 bits per heavy atom. The van der Waals surface area contributed by atoms with E-state index in [1.54, 1.807) is 50.9 Å². The SMILES string of the molecule is COc1ccc(COc2nc(SC)nc(OCc3ccc(OC)cc3)c2C(=O)Nc2ncc(-c3cn(COCC[Si](C)(C)C)nn3)cc2F)cc1. The first-order chi connectivity index (χ1) is 24.5. The molecule has 0 aliphatic rings. The highest BCUT2D eigenvalue weighted by atomic mass is 32.2. The summed E-state index contributed by atoms with van der Waals surface area (Å²) >= 11 is 1.25. The van der Waals surface area contributed by atoms with Gasteiger partial charge in [-0.2, -0.15) is 9.97 Å². The Kier molecular flexibility index (Phi) is 12.6. The fraction of sp³-hybridized carbons (Fsp3) is 0.314. The topological polar surface area (TPSA) is 145 Å². The maximum Gasteiger partial charge on any atom is 0.267 e. The number of halogens is 1. The Hall–Kier alpha value is -5.06. The van der Waals surface area contributed by atoms with Gasteiger partial charge >= 0.3 is 0 Å². The summed E-state index contributed by atoms with van der Waals surface area (Å²) in [7, 11) is 1.94. The molecular formula is C35H40FN7O6SSi. The number of thioether (sulfide) groups is 1. The number of rotatable bonds is 17. The number of anilines is 1. The highest BCUT2D eigenvalue weighted by Crippen LogP contribution is 2.31. The highest BCUT2D eigenvalue weighted by Gasteiger charge is 2.26. The van der Waals surface area contributed by atoms with Crippen LogP contribution in [0.3, 0.4) is 0 Å². The lowest BCUT2D eigenvalue weighted by Crippen LogP contribution is -2.22. The van der Waals surface area contributed by atoms with E-state index in [0.29, 0.717) is 34.5 Å². The van der Waals surface area contributed by atoms with Crippen LogP contribution < -0.4 is 24.3 Å². The molecule has 5 rings (SSSR count). The number of amides is 1. The van der Waals surface area contributed by atoms with Crippen LogP contribution in [0.2, 0.25) is 25.7 Å². The summed E-state index contributed by atoms with van der Waals surface area (Å²) in [6.45, 7) is 7.82. The average Bonchev–Trinajstić information content (AvgIpc) is 3.61. The number of pyridine rings is 1. The van der Waals surface area contributed by atoms with Crippen molar-refractivity contribution in [1.29, 1.82) is 0 Å². The van der Waals surface area contributed by atoms with Crippen LogP contribution in [-0.4, -0.2) is 71.0 Å². The number of benzene rings is 2. The van der Waals surface area contributed by atoms with Gasteiger partial charge in [-0.15, -0.1) is 5.10 Å². The number of nitrogens with zero attached hydrogens (tertiary/aromatic N) is 6. The molecular weight excluding hydrogens is 694 g/mol. The minimum Gasteiger partial charge on any atom is -0.497 e. The maximum atomic E-state index is 15.5. The largest absolute Gasteiger partial charge is 0.497 e. The second-order valence-corrected chi connectivity index (χ2v) is 18.9. The molecule has 0 spiro atoms. The second-order valence-electron chi connectivity index (χ2n) is 12.5. The highest BCUT2D eigenvalue weighted by molar-refractivity contribution is 7.98. The van der Waals surface area contributed by atoms with Crippen molar-refractivity contribution in [3.8, 4) is 34.5 Å². The van der Waals surface area contributed by atoms with E-state index in [-0.39, 0.29) is 43.1 Å². The third-order valence-electron chi connectivity index (χ3n) is 7.43. The van der Waals surface area contributed by atoms with Crippen LogP contribution in [0.1, 0.15) is 21.5 Å². The van der Waals surface area contributed by atoms with Crippen LogP contribution in [-0.2, 0) is 24.7 Å². The van der Waals surface area contributed by atoms with Gasteiger partial charge in [0, 0.05) is 26.4 Å². The first-order valence-corrected chi connectivity index (χ1v) is 20.9. The molecule has 16 heteroatoms. The van der Waals surface area contributed by atoms with E-state index in [9.17, 15) is 4.79 Å². The number of nitrogens with one attached hydrogen (secondary N) is 1. The molecule has 13 nitrogen and oxygen atoms in total. The zero-order valence-electron chi connectivity index (χ0n) is 29.3. The minimum absolute atomic E-state index is 0.0481. The van der Waals surface area contributed by atoms with E-state index in [4.69, 9.17) is 23.7 Å². The van der Waals surface area contributed by atoms with Crippen LogP contribution >= 0.6 is 11.8 Å². The molecule has 0 fully saturated rings. The normalized spacial score (nSPS) is 11.3. The summed E-state index contributed by atoms with van der Waals surface area (Å²) in [4.78, 5) is 27.0. The van der Waals surface area contributed by atoms with E-state index in [2.05, 4.69) is 50.2 Å². The summed E-state index contributed by atoms with van der Waals surface area (Å²) in [5, 5.41) is 11.0. The number of carbonyl (C=O) groups is 1. The predicted octanol–water partition coefficient (Wildman–Crippen LogP) is 6.73. The zero-order valence-corrected chi connectivity index (χ0v) is 31.1. The standard InChI is InChI=1S/C35H40FN7O6SSi/c1-45-26-11-7-23(8-12-26)20-48-33-30(34(40-35(39-33)50-3)49-21-24-9-13-27(46-2)14-10-24)32(44)38-31-28(36)17-25(18-37-31)29-19-43(42-41-29)22-47-15-16-51(4,5)6/h7-14,17-19H,15-16,20-22H2,1-6H3,(H,37,38,44). The van der Waals surface area contributed by atoms with E-state index >= 15 is 4.39 Å². The molecule has 2 aromatic carbocycles. The summed E-state index contributed by atoms with van der Waals surface area (Å²) in [5.74, 6) is -0.607. The summed E-state index contributed by atoms with van der Waals surface area (Å²) in [6, 6.07) is 16.8. The summed E-state index contributed by atoms with van der Waals surface area (Å²) in [5.41, 5.74) is 2.24. The van der Waals surface area contributed by atoms with E-state index in [1.807, 2.05) is 24.3 Å². The number of aromatic nitrogens is 6. The fourth-order valence-electron chi connectivity index (χ4n) is 4.51. The van der Waals surface area contributed by atoms with Gasteiger partial charge in [-0.3, -0.25) is 4.79 Å². The van der Waals surface area contributed by atoms with Crippen molar-refractivity contribution in [2.75, 3.05) is 32.4 Å². The molecule has 3 heterocycles. The number of hydrogen-bond donors (Lipinski definition) is 1. The minimum atomic E-state index is -1.22. The van der Waals surface area contributed by atoms with Gasteiger partial charge in [0.15, 0.2) is 22.4 Å². The monoisotopic (exact) mass is 733 g/mol. The molecule has 0 unspecified atom stereocenters. The molecule has 3 aromatic heterocycles. The van der Waals surface area contributed by atoms with Gasteiger partial charge in [-0.1, -0.05) is 60.9 Å². The smallest absolute Gasteiger partial charge is 0.267 e. The van der Waals surface area contributed by atoms with Gasteiger partial charge in [-0.05, 0) is 53.8 Å². The van der Waals surface area contributed by atoms with Crippen LogP contribution in [0.4, 0.5) is 10.2 Å². The van der Waals surface area contributed by atoms with E-state index < -0.39 is 19.8 Å². The van der Waals surface area contributed by atoms with Crippen LogP contribution in [0.5, 0.6) is 23.3 Å². The second kappa shape index (κ2) is 17.2. The maximum absolute atomic E-state index is 15.5. The molecule has 0 aliphatic heterocycles. The Morgan fingerprint density at radius 1 is 0.922 bits per heavy atom. The Balaban J connectivity index is 1.37. The lowest BCUT2D eigenvalue weighted by Gasteiger charge is -2.16. The van der Waals surface area contributed by atoms with Crippen molar-refractivity contribution in [3.05, 3.63) is 89.5 Å². The lowest BCUT2D eigenvalue weighted by molar-refractivity contribution is 0.0772. The lowest BCUT2D eigenvalue weighted by atomic mass is 10.2. The Labute approximate surface area is 300 Å². The van der Waals surface area contributed by atoms with Crippen molar-refractivity contribution in [1.82, 2.24) is 29.9 Å². The van der Waals surface area contributed by atoms with Gasteiger partial charge in [-0.25, -0.2) is 14.1 Å². The van der Waals surface area contributed by atoms with Crippen molar-refractivity contribution >= 4 is 31.6 Å². The molecule has 0 atom stereocenters. The number of ether oxygens (including phenoxy) is 5. The molecule has 0 saturated heterocycles. The number of methoxy groups -OCH3 is 2. The van der Waals surface area contributed by atoms with Crippen LogP contribution in [0.15, 0.2) is 72.1 Å². The molecule has 0 aliphatic carbocycles. The third-order valence-corrected chi connectivity index (χ3v) is 9.68. The molecule has 1 N–H and O–H groups in total. The molecule has 1 amide bonds. The average molecular weight is 734 g/mol. The molecule has 51 heavy (non-hydrogen) atoms. The predicted molar refractivity (Wildman–Crippen MR) is 194 cm³/mol. The molecule has 0 saturated carbocycles. The first kappa shape index (κ1) is 37.2. The van der Waals surface area contributed by atoms with E-state index in [0.717, 1.165) is 17.2 Å². The van der Waals surface area contributed by atoms with Gasteiger partial charge in [0.25, 0.3) is 5.91 Å². The summed E-state index contributed by atoms with van der Waals surface area (Å²) in [6.07, 6.45) is 4.83. The van der Waals surface area contributed by atoms with Crippen molar-refractivity contribution in [3.63, 3.8) is 0 Å². The number of carbonyl (C=O) groups excluding carboxylic acids is 1. The summed E-state index contributed by atoms with van der Waals surface area (Å²) < 4.78 is 45.4. The quantitative estimate of drug-likeness (QED) is 0.0468. The van der Waals surface area contributed by atoms with Gasteiger partial charge in [0.1, 0.15) is 37.1 Å². The van der Waals surface area contributed by atoms with Crippen molar-refractivity contribution in [2.24, 2.45) is 0 Å². The van der Waals surface area contributed by atoms with Gasteiger partial charge in [0.05, 0.1) is 20.4 Å². The first-order valence-electron chi connectivity index (χ1n) is 16.0. The molecule has 0 radical (unpaired) electrons. The fourth-order valence-corrected chi connectivity index (χ4v) is 5.62. The van der Waals surface area contributed by atoms with Gasteiger partial charge in [0.2, 0.25) is 11.8 Å². The third kappa shape index (κ3) is 10.5. The molecule has 0 bridgehead atoms. The number of hydrogen-bond acceptors (Lipinski definition) is 12. The van der Waals surface area contributed by atoms with Crippen molar-refractivity contribution in [2.45, 2.75) is 50.8 Å². The Bertz CT molecular complexity index is 1850.